The summed E-state index contributed by atoms with van der Waals surface area (Å²) < 4.78 is 52.3. The van der Waals surface area contributed by atoms with Crippen molar-refractivity contribution in [2.24, 2.45) is 5.92 Å². The van der Waals surface area contributed by atoms with Gasteiger partial charge in [-0.2, -0.15) is 13.2 Å². The first-order valence-electron chi connectivity index (χ1n) is 17.3. The zero-order valence-corrected chi connectivity index (χ0v) is 29.1. The van der Waals surface area contributed by atoms with Crippen LogP contribution in [0.1, 0.15) is 72.8 Å². The lowest BCUT2D eigenvalue weighted by Crippen LogP contribution is -2.50. The van der Waals surface area contributed by atoms with Crippen LogP contribution in [0.3, 0.4) is 0 Å². The maximum absolute atomic E-state index is 13.0. The number of ether oxygens (including phenoxy) is 2. The Kier molecular flexibility index (Phi) is 11.4. The van der Waals surface area contributed by atoms with Gasteiger partial charge in [0.25, 0.3) is 0 Å². The number of hydrogen-bond acceptors (Lipinski definition) is 7. The fraction of sp³-hybridized carbons (Fsp3) is 0.474. The largest absolute Gasteiger partial charge is 0.471 e. The minimum absolute atomic E-state index is 0.0350. The normalized spacial score (nSPS) is 25.5. The number of likely N-dealkylation sites (tertiary alicyclic amines) is 2. The number of rotatable bonds is 9. The average molecular weight is 730 g/mol. The SMILES string of the molecule is C[C@H]1[C@@H](CN2CCC(O)(c3ccc(Cl)cc3)CC2)O[C@@H](c2ccc(CNC(=O)[C@@H]3CCCN3C(=O)C(F)(F)F)cc2)O[C@H]1c1ccc(CO)cc1. The quantitative estimate of drug-likeness (QED) is 0.256. The van der Waals surface area contributed by atoms with Gasteiger partial charge in [0.1, 0.15) is 6.04 Å². The number of aliphatic hydroxyl groups is 2. The number of amides is 2. The fourth-order valence-corrected chi connectivity index (χ4v) is 7.41. The standard InChI is InChI=1S/C38H43ClF3N3O6/c1-24-32(22-44-19-16-37(49,17-20-44)29-12-14-30(39)15-13-29)50-35(51-33(24)27-8-6-26(23-46)7-9-27)28-10-4-25(5-11-28)21-43-34(47)31-3-2-18-45(31)36(48)38(40,41)42/h4-15,24,31-33,35,46,49H,2-3,16-23H2,1H3,(H,43,47)/t24-,31-,32+,33+,35+/m0/s1. The summed E-state index contributed by atoms with van der Waals surface area (Å²) in [7, 11) is 0. The molecule has 9 nitrogen and oxygen atoms in total. The third-order valence-corrected chi connectivity index (χ3v) is 10.7. The lowest BCUT2D eigenvalue weighted by atomic mass is 9.84. The molecule has 0 spiro atoms. The van der Waals surface area contributed by atoms with E-state index in [4.69, 9.17) is 21.1 Å². The molecule has 0 bridgehead atoms. The molecule has 13 heteroatoms. The highest BCUT2D eigenvalue weighted by Crippen LogP contribution is 2.43. The van der Waals surface area contributed by atoms with Crippen LogP contribution in [0.25, 0.3) is 0 Å². The van der Waals surface area contributed by atoms with E-state index in [1.54, 1.807) is 24.3 Å². The maximum atomic E-state index is 13.0. The first-order valence-corrected chi connectivity index (χ1v) is 17.7. The third-order valence-electron chi connectivity index (χ3n) is 10.4. The van der Waals surface area contributed by atoms with Crippen LogP contribution in [0.2, 0.25) is 5.02 Å². The summed E-state index contributed by atoms with van der Waals surface area (Å²) in [5.41, 5.74) is 3.15. The Morgan fingerprint density at radius 2 is 1.55 bits per heavy atom. The number of carbonyl (C=O) groups is 2. The van der Waals surface area contributed by atoms with Crippen LogP contribution in [0.15, 0.2) is 72.8 Å². The van der Waals surface area contributed by atoms with Crippen LogP contribution in [0.4, 0.5) is 13.2 Å². The minimum Gasteiger partial charge on any atom is -0.392 e. The Morgan fingerprint density at radius 1 is 0.922 bits per heavy atom. The van der Waals surface area contributed by atoms with Gasteiger partial charge in [-0.1, -0.05) is 79.2 Å². The highest BCUT2D eigenvalue weighted by molar-refractivity contribution is 6.30. The molecule has 0 saturated carbocycles. The maximum Gasteiger partial charge on any atom is 0.471 e. The first-order chi connectivity index (χ1) is 24.3. The summed E-state index contributed by atoms with van der Waals surface area (Å²) in [6.45, 7) is 3.98. The number of piperidine rings is 1. The highest BCUT2D eigenvalue weighted by Gasteiger charge is 2.47. The molecule has 274 valence electrons. The summed E-state index contributed by atoms with van der Waals surface area (Å²) in [4.78, 5) is 27.5. The molecular weight excluding hydrogens is 687 g/mol. The van der Waals surface area contributed by atoms with Gasteiger partial charge in [-0.25, -0.2) is 0 Å². The number of benzene rings is 3. The molecule has 3 saturated heterocycles. The molecule has 51 heavy (non-hydrogen) atoms. The predicted molar refractivity (Wildman–Crippen MR) is 183 cm³/mol. The Balaban J connectivity index is 1.12. The van der Waals surface area contributed by atoms with E-state index >= 15 is 0 Å². The van der Waals surface area contributed by atoms with E-state index in [-0.39, 0.29) is 44.2 Å². The van der Waals surface area contributed by atoms with Crippen molar-refractivity contribution in [3.8, 4) is 0 Å². The van der Waals surface area contributed by atoms with Crippen molar-refractivity contribution >= 4 is 23.4 Å². The van der Waals surface area contributed by atoms with Crippen LogP contribution in [0, 0.1) is 5.92 Å². The summed E-state index contributed by atoms with van der Waals surface area (Å²) in [6, 6.07) is 21.1. The van der Waals surface area contributed by atoms with Crippen molar-refractivity contribution in [1.82, 2.24) is 15.1 Å². The van der Waals surface area contributed by atoms with E-state index in [2.05, 4.69) is 17.1 Å². The molecule has 0 unspecified atom stereocenters. The van der Waals surface area contributed by atoms with Crippen molar-refractivity contribution in [3.63, 3.8) is 0 Å². The predicted octanol–water partition coefficient (Wildman–Crippen LogP) is 5.78. The molecule has 6 rings (SSSR count). The molecule has 3 aliphatic heterocycles. The van der Waals surface area contributed by atoms with Crippen molar-refractivity contribution in [1.29, 1.82) is 0 Å². The molecule has 5 atom stereocenters. The van der Waals surface area contributed by atoms with Crippen LogP contribution in [0.5, 0.6) is 0 Å². The van der Waals surface area contributed by atoms with Gasteiger partial charge in [-0.05, 0) is 60.1 Å². The van der Waals surface area contributed by atoms with Crippen molar-refractivity contribution in [2.45, 2.75) is 82.1 Å². The number of aliphatic hydroxyl groups excluding tert-OH is 1. The molecule has 0 radical (unpaired) electrons. The fourth-order valence-electron chi connectivity index (χ4n) is 7.28. The molecule has 2 amide bonds. The smallest absolute Gasteiger partial charge is 0.392 e. The lowest BCUT2D eigenvalue weighted by Gasteiger charge is -2.45. The molecule has 3 N–H and O–H groups in total. The first kappa shape index (κ1) is 37.2. The summed E-state index contributed by atoms with van der Waals surface area (Å²) >= 11 is 6.07. The highest BCUT2D eigenvalue weighted by atomic mass is 35.5. The topological polar surface area (TPSA) is 112 Å². The van der Waals surface area contributed by atoms with Gasteiger partial charge in [0.2, 0.25) is 5.91 Å². The molecule has 3 aromatic rings. The van der Waals surface area contributed by atoms with Crippen molar-refractivity contribution in [3.05, 3.63) is 106 Å². The van der Waals surface area contributed by atoms with Crippen LogP contribution >= 0.6 is 11.6 Å². The molecule has 0 aliphatic carbocycles. The van der Waals surface area contributed by atoms with Gasteiger partial charge in [-0.3, -0.25) is 9.59 Å². The molecule has 3 fully saturated rings. The second kappa shape index (κ2) is 15.6. The van der Waals surface area contributed by atoms with Gasteiger partial charge in [0.05, 0.1) is 24.4 Å². The van der Waals surface area contributed by atoms with Crippen LogP contribution < -0.4 is 5.32 Å². The number of hydrogen-bond donors (Lipinski definition) is 3. The summed E-state index contributed by atoms with van der Waals surface area (Å²) in [5.74, 6) is -2.65. The van der Waals surface area contributed by atoms with E-state index in [1.807, 2.05) is 48.5 Å². The van der Waals surface area contributed by atoms with E-state index < -0.39 is 35.9 Å². The van der Waals surface area contributed by atoms with Gasteiger partial charge >= 0.3 is 12.1 Å². The molecule has 3 aliphatic rings. The number of halogens is 4. The summed E-state index contributed by atoms with van der Waals surface area (Å²) in [6.07, 6.45) is -4.65. The monoisotopic (exact) mass is 729 g/mol. The molecule has 0 aromatic heterocycles. The average Bonchev–Trinajstić information content (AvgIpc) is 3.62. The minimum atomic E-state index is -5.03. The van der Waals surface area contributed by atoms with Crippen molar-refractivity contribution in [2.75, 3.05) is 26.2 Å². The zero-order chi connectivity index (χ0) is 36.3. The second-order valence-electron chi connectivity index (χ2n) is 13.8. The summed E-state index contributed by atoms with van der Waals surface area (Å²) in [5, 5.41) is 24.3. The zero-order valence-electron chi connectivity index (χ0n) is 28.3. The molecule has 3 heterocycles. The van der Waals surface area contributed by atoms with Crippen LogP contribution in [-0.2, 0) is 37.8 Å². The third kappa shape index (κ3) is 8.59. The van der Waals surface area contributed by atoms with Gasteiger partial charge < -0.3 is 34.8 Å². The van der Waals surface area contributed by atoms with E-state index in [9.17, 15) is 33.0 Å². The van der Waals surface area contributed by atoms with E-state index in [0.717, 1.165) is 27.8 Å². The molecular formula is C38H43ClF3N3O6. The van der Waals surface area contributed by atoms with E-state index in [0.29, 0.717) is 48.8 Å². The van der Waals surface area contributed by atoms with Crippen molar-refractivity contribution < 1.29 is 42.4 Å². The van der Waals surface area contributed by atoms with Gasteiger partial charge in [0.15, 0.2) is 6.29 Å². The van der Waals surface area contributed by atoms with E-state index in [1.165, 1.54) is 0 Å². The van der Waals surface area contributed by atoms with Gasteiger partial charge in [-0.15, -0.1) is 0 Å². The Bertz CT molecular complexity index is 1650. The number of carbonyl (C=O) groups excluding carboxylic acids is 2. The number of alkyl halides is 3. The number of nitrogens with one attached hydrogen (secondary N) is 1. The lowest BCUT2D eigenvalue weighted by molar-refractivity contribution is -0.277. The molecule has 3 aromatic carbocycles. The van der Waals surface area contributed by atoms with Crippen LogP contribution in [-0.4, -0.2) is 76.3 Å². The Hall–Kier alpha value is -3.52. The Labute approximate surface area is 300 Å². The van der Waals surface area contributed by atoms with Gasteiger partial charge in [0, 0.05) is 49.2 Å². The Morgan fingerprint density at radius 3 is 2.18 bits per heavy atom. The second-order valence-corrected chi connectivity index (χ2v) is 14.2. The number of nitrogens with zero attached hydrogens (tertiary/aromatic N) is 2.